The third kappa shape index (κ3) is 4.59. The molecule has 3 N–H and O–H groups in total. The molecule has 1 aliphatic carbocycles. The van der Waals surface area contributed by atoms with Crippen molar-refractivity contribution in [3.63, 3.8) is 0 Å². The molecule has 1 saturated carbocycles. The SMILES string of the molecule is CSc1ccc(C(=O)NC2CCC(N)CC2)cc1[N+](=O)[O-].Cl. The Morgan fingerprint density at radius 2 is 2.00 bits per heavy atom. The number of rotatable bonds is 4. The highest BCUT2D eigenvalue weighted by Crippen LogP contribution is 2.28. The third-order valence-corrected chi connectivity index (χ3v) is 4.53. The van der Waals surface area contributed by atoms with Gasteiger partial charge in [-0.2, -0.15) is 0 Å². The highest BCUT2D eigenvalue weighted by atomic mass is 35.5. The van der Waals surface area contributed by atoms with Gasteiger partial charge in [-0.15, -0.1) is 24.2 Å². The Morgan fingerprint density at radius 1 is 1.36 bits per heavy atom. The number of amides is 1. The van der Waals surface area contributed by atoms with Crippen LogP contribution in [0.3, 0.4) is 0 Å². The van der Waals surface area contributed by atoms with Gasteiger partial charge in [-0.1, -0.05) is 0 Å². The van der Waals surface area contributed by atoms with Crippen LogP contribution < -0.4 is 11.1 Å². The van der Waals surface area contributed by atoms with Crippen LogP contribution in [0.15, 0.2) is 23.1 Å². The Labute approximate surface area is 139 Å². The highest BCUT2D eigenvalue weighted by Gasteiger charge is 2.22. The molecule has 1 amide bonds. The first-order valence-electron chi connectivity index (χ1n) is 6.90. The summed E-state index contributed by atoms with van der Waals surface area (Å²) < 4.78 is 0. The number of nitrogens with two attached hydrogens (primary N) is 1. The molecule has 0 aliphatic heterocycles. The second-order valence-corrected chi connectivity index (χ2v) is 6.08. The summed E-state index contributed by atoms with van der Waals surface area (Å²) in [7, 11) is 0. The molecule has 0 atom stereocenters. The second-order valence-electron chi connectivity index (χ2n) is 5.23. The molecule has 1 aromatic rings. The van der Waals surface area contributed by atoms with Crippen molar-refractivity contribution < 1.29 is 9.72 Å². The van der Waals surface area contributed by atoms with Crippen molar-refractivity contribution in [2.45, 2.75) is 42.7 Å². The van der Waals surface area contributed by atoms with Gasteiger partial charge in [0.1, 0.15) is 0 Å². The summed E-state index contributed by atoms with van der Waals surface area (Å²) in [6.45, 7) is 0. The first-order chi connectivity index (χ1) is 10.0. The molecule has 0 aromatic heterocycles. The van der Waals surface area contributed by atoms with Crippen molar-refractivity contribution in [1.29, 1.82) is 0 Å². The van der Waals surface area contributed by atoms with E-state index in [-0.39, 0.29) is 36.1 Å². The van der Waals surface area contributed by atoms with Gasteiger partial charge in [-0.05, 0) is 44.1 Å². The van der Waals surface area contributed by atoms with Crippen LogP contribution >= 0.6 is 24.2 Å². The molecule has 0 saturated heterocycles. The molecule has 2 rings (SSSR count). The van der Waals surface area contributed by atoms with E-state index in [9.17, 15) is 14.9 Å². The van der Waals surface area contributed by atoms with Crippen LogP contribution in [0.25, 0.3) is 0 Å². The lowest BCUT2D eigenvalue weighted by Gasteiger charge is -2.26. The van der Waals surface area contributed by atoms with Crippen LogP contribution in [0.5, 0.6) is 0 Å². The number of thioether (sulfide) groups is 1. The number of benzene rings is 1. The normalized spacial score (nSPS) is 20.8. The molecule has 0 unspecified atom stereocenters. The Hall–Kier alpha value is -1.31. The molecule has 1 aliphatic rings. The maximum atomic E-state index is 12.2. The molecule has 0 heterocycles. The van der Waals surface area contributed by atoms with Gasteiger partial charge in [0.05, 0.1) is 9.82 Å². The van der Waals surface area contributed by atoms with E-state index in [1.165, 1.54) is 17.8 Å². The van der Waals surface area contributed by atoms with Gasteiger partial charge in [-0.25, -0.2) is 0 Å². The summed E-state index contributed by atoms with van der Waals surface area (Å²) in [5, 5.41) is 14.0. The summed E-state index contributed by atoms with van der Waals surface area (Å²) in [5.74, 6) is -0.258. The van der Waals surface area contributed by atoms with E-state index in [0.29, 0.717) is 10.5 Å². The molecule has 8 heteroatoms. The van der Waals surface area contributed by atoms with E-state index in [1.807, 2.05) is 0 Å². The van der Waals surface area contributed by atoms with Crippen LogP contribution in [-0.2, 0) is 0 Å². The average Bonchev–Trinajstić information content (AvgIpc) is 2.48. The fourth-order valence-electron chi connectivity index (χ4n) is 2.51. The third-order valence-electron chi connectivity index (χ3n) is 3.74. The number of hydrogen-bond donors (Lipinski definition) is 2. The lowest BCUT2D eigenvalue weighted by atomic mass is 9.91. The number of nitro groups is 1. The first kappa shape index (κ1) is 18.7. The van der Waals surface area contributed by atoms with Crippen LogP contribution in [0.1, 0.15) is 36.0 Å². The molecule has 0 radical (unpaired) electrons. The molecule has 1 fully saturated rings. The maximum Gasteiger partial charge on any atom is 0.283 e. The molecule has 22 heavy (non-hydrogen) atoms. The van der Waals surface area contributed by atoms with Crippen LogP contribution in [0, 0.1) is 10.1 Å². The van der Waals surface area contributed by atoms with Gasteiger partial charge < -0.3 is 11.1 Å². The van der Waals surface area contributed by atoms with E-state index in [2.05, 4.69) is 5.32 Å². The van der Waals surface area contributed by atoms with E-state index in [1.54, 1.807) is 18.4 Å². The number of nitro benzene ring substituents is 1. The molecule has 6 nitrogen and oxygen atoms in total. The van der Waals surface area contributed by atoms with Crippen LogP contribution in [-0.4, -0.2) is 29.2 Å². The van der Waals surface area contributed by atoms with Crippen molar-refractivity contribution in [2.75, 3.05) is 6.26 Å². The smallest absolute Gasteiger partial charge is 0.283 e. The molecule has 0 spiro atoms. The lowest BCUT2D eigenvalue weighted by Crippen LogP contribution is -2.40. The summed E-state index contributed by atoms with van der Waals surface area (Å²) in [6, 6.07) is 4.92. The summed E-state index contributed by atoms with van der Waals surface area (Å²) in [4.78, 5) is 23.3. The number of carbonyl (C=O) groups is 1. The summed E-state index contributed by atoms with van der Waals surface area (Å²) in [5.41, 5.74) is 6.14. The predicted molar refractivity (Wildman–Crippen MR) is 89.8 cm³/mol. The summed E-state index contributed by atoms with van der Waals surface area (Å²) in [6.07, 6.45) is 5.29. The predicted octanol–water partition coefficient (Wildman–Crippen LogP) is 2.74. The van der Waals surface area contributed by atoms with Crippen LogP contribution in [0.4, 0.5) is 5.69 Å². The van der Waals surface area contributed by atoms with Crippen molar-refractivity contribution in [3.05, 3.63) is 33.9 Å². The molecule has 122 valence electrons. The van der Waals surface area contributed by atoms with Gasteiger partial charge in [-0.3, -0.25) is 14.9 Å². The zero-order chi connectivity index (χ0) is 15.4. The molecular formula is C14H20ClN3O3S. The Balaban J connectivity index is 0.00000242. The van der Waals surface area contributed by atoms with Gasteiger partial charge in [0.15, 0.2) is 0 Å². The molecule has 0 bridgehead atoms. The van der Waals surface area contributed by atoms with Crippen molar-refractivity contribution >= 4 is 35.8 Å². The zero-order valence-electron chi connectivity index (χ0n) is 12.3. The van der Waals surface area contributed by atoms with Gasteiger partial charge in [0, 0.05) is 23.7 Å². The van der Waals surface area contributed by atoms with E-state index < -0.39 is 4.92 Å². The number of hydrogen-bond acceptors (Lipinski definition) is 5. The second kappa shape index (κ2) is 8.36. The highest BCUT2D eigenvalue weighted by molar-refractivity contribution is 7.98. The van der Waals surface area contributed by atoms with E-state index >= 15 is 0 Å². The van der Waals surface area contributed by atoms with Gasteiger partial charge in [0.25, 0.3) is 11.6 Å². The quantitative estimate of drug-likeness (QED) is 0.496. The Morgan fingerprint density at radius 3 is 2.55 bits per heavy atom. The number of halogens is 1. The fraction of sp³-hybridized carbons (Fsp3) is 0.500. The maximum absolute atomic E-state index is 12.2. The standard InChI is InChI=1S/C14H19N3O3S.ClH/c1-21-13-7-2-9(8-12(13)17(19)20)14(18)16-11-5-3-10(15)4-6-11;/h2,7-8,10-11H,3-6,15H2,1H3,(H,16,18);1H. The summed E-state index contributed by atoms with van der Waals surface area (Å²) >= 11 is 1.29. The topological polar surface area (TPSA) is 98.3 Å². The van der Waals surface area contributed by atoms with Crippen LogP contribution in [0.2, 0.25) is 0 Å². The molecular weight excluding hydrogens is 326 g/mol. The lowest BCUT2D eigenvalue weighted by molar-refractivity contribution is -0.387. The van der Waals surface area contributed by atoms with Crippen molar-refractivity contribution in [1.82, 2.24) is 5.32 Å². The zero-order valence-corrected chi connectivity index (χ0v) is 13.9. The largest absolute Gasteiger partial charge is 0.349 e. The Bertz CT molecular complexity index is 548. The fourth-order valence-corrected chi connectivity index (χ4v) is 3.05. The minimum absolute atomic E-state index is 0. The number of nitrogens with zero attached hydrogens (tertiary/aromatic N) is 1. The van der Waals surface area contributed by atoms with Crippen molar-refractivity contribution in [3.8, 4) is 0 Å². The van der Waals surface area contributed by atoms with E-state index in [0.717, 1.165) is 25.7 Å². The first-order valence-corrected chi connectivity index (χ1v) is 8.12. The minimum atomic E-state index is -0.456. The van der Waals surface area contributed by atoms with Gasteiger partial charge >= 0.3 is 0 Å². The Kier molecular flexibility index (Phi) is 7.12. The minimum Gasteiger partial charge on any atom is -0.349 e. The monoisotopic (exact) mass is 345 g/mol. The number of carbonyl (C=O) groups excluding carboxylic acids is 1. The van der Waals surface area contributed by atoms with Crippen molar-refractivity contribution in [2.24, 2.45) is 5.73 Å². The average molecular weight is 346 g/mol. The van der Waals surface area contributed by atoms with E-state index in [4.69, 9.17) is 5.73 Å². The number of nitrogens with one attached hydrogen (secondary N) is 1. The molecule has 1 aromatic carbocycles. The van der Waals surface area contributed by atoms with Gasteiger partial charge in [0.2, 0.25) is 0 Å².